The molecule has 4 aromatic rings. The normalized spacial score (nSPS) is 16.3. The number of aromatic nitrogens is 4. The predicted molar refractivity (Wildman–Crippen MR) is 140 cm³/mol. The molecule has 6 bridgehead atoms. The van der Waals surface area contributed by atoms with Crippen molar-refractivity contribution < 1.29 is 24.4 Å². The quantitative estimate of drug-likeness (QED) is 0.275. The molecular weight excluding hydrogens is 488 g/mol. The highest BCUT2D eigenvalue weighted by Crippen LogP contribution is 2.15. The second kappa shape index (κ2) is 12.2. The molecular formula is C26H29N8O4+. The summed E-state index contributed by atoms with van der Waals surface area (Å²) in [7, 11) is 0. The van der Waals surface area contributed by atoms with Gasteiger partial charge in [-0.1, -0.05) is 0 Å². The zero-order valence-corrected chi connectivity index (χ0v) is 20.8. The number of hydrogen-bond acceptors (Lipinski definition) is 9. The molecule has 12 heteroatoms. The second-order valence-electron chi connectivity index (χ2n) is 8.77. The van der Waals surface area contributed by atoms with E-state index < -0.39 is 12.2 Å². The van der Waals surface area contributed by atoms with Crippen LogP contribution < -0.4 is 21.3 Å². The number of amides is 2. The van der Waals surface area contributed by atoms with Gasteiger partial charge in [-0.3, -0.25) is 10.6 Å². The largest absolute Gasteiger partial charge is 0.449 e. The molecule has 0 saturated heterocycles. The molecule has 0 aliphatic carbocycles. The Labute approximate surface area is 218 Å². The van der Waals surface area contributed by atoms with Gasteiger partial charge in [0.05, 0.1) is 24.6 Å². The number of cyclic esters (lactones) is 2. The highest BCUT2D eigenvalue weighted by atomic mass is 16.6. The predicted octanol–water partition coefficient (Wildman–Crippen LogP) is 2.32. The van der Waals surface area contributed by atoms with E-state index in [1.54, 1.807) is 12.1 Å². The summed E-state index contributed by atoms with van der Waals surface area (Å²) in [6.07, 6.45) is 0.159. The van der Waals surface area contributed by atoms with Crippen molar-refractivity contribution in [3.05, 3.63) is 59.9 Å². The summed E-state index contributed by atoms with van der Waals surface area (Å²) in [4.78, 5) is 42.5. The van der Waals surface area contributed by atoms with E-state index >= 15 is 0 Å². The van der Waals surface area contributed by atoms with Crippen molar-refractivity contribution >= 4 is 45.9 Å². The molecule has 12 nitrogen and oxygen atoms in total. The van der Waals surface area contributed by atoms with E-state index in [4.69, 9.17) is 9.47 Å². The van der Waals surface area contributed by atoms with E-state index in [9.17, 15) is 9.59 Å². The maximum Gasteiger partial charge on any atom is 0.412 e. The molecule has 5 N–H and O–H groups in total. The fourth-order valence-corrected chi connectivity index (χ4v) is 3.94. The molecule has 0 radical (unpaired) electrons. The van der Waals surface area contributed by atoms with Crippen LogP contribution >= 0.6 is 0 Å². The first-order chi connectivity index (χ1) is 18.6. The number of carbonyl (C=O) groups excluding carboxylic acids is 2. The number of rotatable bonds is 0. The molecule has 0 unspecified atom stereocenters. The Bertz CT molecular complexity index is 1340. The lowest BCUT2D eigenvalue weighted by molar-refractivity contribution is -0.687. The van der Waals surface area contributed by atoms with Gasteiger partial charge < -0.3 is 20.1 Å². The second-order valence-corrected chi connectivity index (χ2v) is 8.77. The number of anilines is 2. The van der Waals surface area contributed by atoms with Crippen molar-refractivity contribution in [2.24, 2.45) is 0 Å². The summed E-state index contributed by atoms with van der Waals surface area (Å²) in [6, 6.07) is 15.0. The fraction of sp³-hybridized carbons (Fsp3) is 0.308. The average Bonchev–Trinajstić information content (AvgIpc) is 2.91. The van der Waals surface area contributed by atoms with Crippen LogP contribution in [0.25, 0.3) is 22.1 Å². The third kappa shape index (κ3) is 6.87. The Kier molecular flexibility index (Phi) is 8.11. The molecule has 1 aliphatic rings. The number of hydrogen-bond donors (Lipinski definition) is 4. The molecule has 5 rings (SSSR count). The van der Waals surface area contributed by atoms with Crippen LogP contribution in [-0.4, -0.2) is 58.4 Å². The fourth-order valence-electron chi connectivity index (χ4n) is 3.94. The maximum absolute atomic E-state index is 12.1. The van der Waals surface area contributed by atoms with Crippen LogP contribution in [0.5, 0.6) is 0 Å². The lowest BCUT2D eigenvalue weighted by Crippen LogP contribution is -2.81. The number of carbonyl (C=O) groups is 2. The van der Waals surface area contributed by atoms with Crippen LogP contribution in [0.15, 0.2) is 48.5 Å². The molecule has 4 aromatic heterocycles. The minimum Gasteiger partial charge on any atom is -0.449 e. The average molecular weight is 518 g/mol. The van der Waals surface area contributed by atoms with Gasteiger partial charge >= 0.3 is 12.2 Å². The van der Waals surface area contributed by atoms with Gasteiger partial charge in [0.2, 0.25) is 0 Å². The van der Waals surface area contributed by atoms with Crippen LogP contribution in [-0.2, 0) is 22.6 Å². The Morgan fingerprint density at radius 3 is 1.61 bits per heavy atom. The Morgan fingerprint density at radius 1 is 0.632 bits per heavy atom. The topological polar surface area (TPSA) is 157 Å². The molecule has 0 fully saturated rings. The van der Waals surface area contributed by atoms with Crippen LogP contribution in [0.2, 0.25) is 0 Å². The van der Waals surface area contributed by atoms with Crippen LogP contribution in [0, 0.1) is 0 Å². The maximum atomic E-state index is 12.1. The third-order valence-electron chi connectivity index (χ3n) is 5.85. The van der Waals surface area contributed by atoms with Gasteiger partial charge in [0, 0.05) is 10.8 Å². The lowest BCUT2D eigenvalue weighted by Gasteiger charge is -2.09. The summed E-state index contributed by atoms with van der Waals surface area (Å²) in [5.74, 6) is 0.763. The first kappa shape index (κ1) is 25.2. The number of fused-ring (bicyclic) bond motifs is 4. The van der Waals surface area contributed by atoms with E-state index in [2.05, 4.69) is 41.2 Å². The number of ether oxygens (including phenoxy) is 2. The Morgan fingerprint density at radius 2 is 1.11 bits per heavy atom. The molecule has 2 amide bonds. The van der Waals surface area contributed by atoms with Gasteiger partial charge in [-0.15, -0.1) is 0 Å². The first-order valence-electron chi connectivity index (χ1n) is 12.6. The molecule has 5 heterocycles. The third-order valence-corrected chi connectivity index (χ3v) is 5.85. The SMILES string of the molecule is O=C1Nc2ccc3ccc(nc3n2)C[NH2+]Cc2ccc3ccc(nc3n2)NC(=O)OCCCNCCCO1. The Hall–Kier alpha value is -4.42. The zero-order chi connectivity index (χ0) is 26.2. The van der Waals surface area contributed by atoms with E-state index in [0.29, 0.717) is 62.0 Å². The standard InChI is InChI=1S/C26H28N8O4/c35-25-33-21-9-5-17-3-7-19(29-23(17)31-21)15-28-16-20-8-4-18-6-10-22(32-24(18)30-20)34-26(36)38-14-2-12-27-11-1-13-37-25/h3-10,27-28H,1-2,11-16H2,(H,29,31,33,35)(H,30,32,34,36)/p+1. The summed E-state index contributed by atoms with van der Waals surface area (Å²) < 4.78 is 10.5. The zero-order valence-electron chi connectivity index (χ0n) is 20.8. The highest BCUT2D eigenvalue weighted by molar-refractivity contribution is 5.86. The van der Waals surface area contributed by atoms with E-state index in [1.165, 1.54) is 0 Å². The van der Waals surface area contributed by atoms with Crippen molar-refractivity contribution in [2.45, 2.75) is 25.9 Å². The minimum atomic E-state index is -0.564. The lowest BCUT2D eigenvalue weighted by atomic mass is 10.2. The van der Waals surface area contributed by atoms with Crippen LogP contribution in [0.1, 0.15) is 24.2 Å². The van der Waals surface area contributed by atoms with Crippen molar-refractivity contribution in [3.8, 4) is 0 Å². The minimum absolute atomic E-state index is 0.262. The van der Waals surface area contributed by atoms with E-state index in [1.807, 2.05) is 36.4 Å². The molecule has 0 spiro atoms. The van der Waals surface area contributed by atoms with Gasteiger partial charge in [0.25, 0.3) is 0 Å². The van der Waals surface area contributed by atoms with Crippen LogP contribution in [0.3, 0.4) is 0 Å². The number of pyridine rings is 4. The monoisotopic (exact) mass is 517 g/mol. The number of nitrogens with one attached hydrogen (secondary N) is 3. The molecule has 38 heavy (non-hydrogen) atoms. The molecule has 0 aromatic carbocycles. The summed E-state index contributed by atoms with van der Waals surface area (Å²) >= 11 is 0. The summed E-state index contributed by atoms with van der Waals surface area (Å²) in [5, 5.41) is 12.4. The van der Waals surface area contributed by atoms with Crippen molar-refractivity contribution in [2.75, 3.05) is 36.9 Å². The number of nitrogens with zero attached hydrogens (tertiary/aromatic N) is 4. The van der Waals surface area contributed by atoms with Crippen molar-refractivity contribution in [1.29, 1.82) is 0 Å². The first-order valence-corrected chi connectivity index (χ1v) is 12.6. The highest BCUT2D eigenvalue weighted by Gasteiger charge is 2.10. The summed E-state index contributed by atoms with van der Waals surface area (Å²) in [5.41, 5.74) is 2.79. The van der Waals surface area contributed by atoms with Crippen molar-refractivity contribution in [1.82, 2.24) is 25.3 Å². The molecule has 196 valence electrons. The molecule has 0 atom stereocenters. The summed E-state index contributed by atoms with van der Waals surface area (Å²) in [6.45, 7) is 3.08. The number of quaternary nitrogens is 1. The van der Waals surface area contributed by atoms with Gasteiger partial charge in [-0.2, -0.15) is 0 Å². The molecule has 1 aliphatic heterocycles. The Balaban J connectivity index is 1.31. The van der Waals surface area contributed by atoms with Crippen molar-refractivity contribution in [3.63, 3.8) is 0 Å². The van der Waals surface area contributed by atoms with Gasteiger partial charge in [-0.05, 0) is 74.5 Å². The van der Waals surface area contributed by atoms with E-state index in [-0.39, 0.29) is 13.2 Å². The smallest absolute Gasteiger partial charge is 0.412 e. The number of nitrogens with two attached hydrogens (primary N) is 1. The van der Waals surface area contributed by atoms with Gasteiger partial charge in [0.15, 0.2) is 11.3 Å². The molecule has 0 saturated carbocycles. The van der Waals surface area contributed by atoms with Gasteiger partial charge in [-0.25, -0.2) is 29.5 Å². The van der Waals surface area contributed by atoms with Gasteiger partial charge in [0.1, 0.15) is 24.7 Å². The van der Waals surface area contributed by atoms with Crippen LogP contribution in [0.4, 0.5) is 21.2 Å². The van der Waals surface area contributed by atoms with E-state index in [0.717, 1.165) is 22.2 Å².